The monoisotopic (exact) mass is 451 g/mol. The Morgan fingerprint density at radius 1 is 1.03 bits per heavy atom. The number of hydrogen-bond acceptors (Lipinski definition) is 5. The Hall–Kier alpha value is -2.86. The lowest BCUT2D eigenvalue weighted by Crippen LogP contribution is -2.37. The van der Waals surface area contributed by atoms with E-state index in [0.717, 1.165) is 48.0 Å². The van der Waals surface area contributed by atoms with Gasteiger partial charge in [-0.1, -0.05) is 35.9 Å². The molecule has 1 fully saturated rings. The van der Waals surface area contributed by atoms with Crippen molar-refractivity contribution in [3.8, 4) is 0 Å². The van der Waals surface area contributed by atoms with E-state index in [-0.39, 0.29) is 23.9 Å². The van der Waals surface area contributed by atoms with Gasteiger partial charge in [0.1, 0.15) is 5.82 Å². The Bertz CT molecular complexity index is 1080. The molecule has 1 aromatic heterocycles. The van der Waals surface area contributed by atoms with Gasteiger partial charge in [0.25, 0.3) is 0 Å². The summed E-state index contributed by atoms with van der Waals surface area (Å²) in [5, 5.41) is 8.40. The number of fused-ring (bicyclic) bond motifs is 1. The molecule has 1 unspecified atom stereocenters. The zero-order chi connectivity index (χ0) is 22.7. The highest BCUT2D eigenvalue weighted by molar-refractivity contribution is 6.30. The second-order valence-corrected chi connectivity index (χ2v) is 9.19. The van der Waals surface area contributed by atoms with Crippen molar-refractivity contribution in [3.63, 3.8) is 0 Å². The van der Waals surface area contributed by atoms with E-state index >= 15 is 0 Å². The Morgan fingerprint density at radius 2 is 1.72 bits per heavy atom. The van der Waals surface area contributed by atoms with Gasteiger partial charge in [0.15, 0.2) is 0 Å². The molecule has 2 aromatic carbocycles. The van der Waals surface area contributed by atoms with Gasteiger partial charge in [-0.2, -0.15) is 4.98 Å². The summed E-state index contributed by atoms with van der Waals surface area (Å²) in [5.41, 5.74) is 1.99. The van der Waals surface area contributed by atoms with Gasteiger partial charge in [-0.25, -0.2) is 4.98 Å². The molecule has 1 heterocycles. The Labute approximate surface area is 194 Å². The molecule has 6 nitrogen and oxygen atoms in total. The summed E-state index contributed by atoms with van der Waals surface area (Å²) >= 11 is 5.96. The highest BCUT2D eigenvalue weighted by Gasteiger charge is 2.27. The fourth-order valence-corrected chi connectivity index (χ4v) is 4.44. The fraction of sp³-hybridized carbons (Fsp3) is 0.400. The first-order valence-corrected chi connectivity index (χ1v) is 11.5. The molecule has 1 saturated carbocycles. The number of rotatable bonds is 6. The topological polar surface area (TPSA) is 70.2 Å². The number of anilines is 2. The van der Waals surface area contributed by atoms with E-state index < -0.39 is 0 Å². The first-order valence-electron chi connectivity index (χ1n) is 11.2. The van der Waals surface area contributed by atoms with Crippen LogP contribution < -0.4 is 15.5 Å². The molecule has 168 valence electrons. The molecule has 0 spiro atoms. The quantitative estimate of drug-likeness (QED) is 0.539. The summed E-state index contributed by atoms with van der Waals surface area (Å²) in [6.07, 6.45) is 3.54. The number of aromatic nitrogens is 2. The maximum absolute atomic E-state index is 12.8. The third kappa shape index (κ3) is 5.13. The molecule has 1 aliphatic rings. The van der Waals surface area contributed by atoms with Crippen molar-refractivity contribution in [1.29, 1.82) is 0 Å². The summed E-state index contributed by atoms with van der Waals surface area (Å²) in [6.45, 7) is 2.01. The van der Waals surface area contributed by atoms with Crippen LogP contribution in [0, 0.1) is 5.92 Å². The van der Waals surface area contributed by atoms with Gasteiger partial charge >= 0.3 is 0 Å². The van der Waals surface area contributed by atoms with Crippen LogP contribution >= 0.6 is 11.6 Å². The van der Waals surface area contributed by atoms with Crippen LogP contribution in [0.4, 0.5) is 11.8 Å². The fourth-order valence-electron chi connectivity index (χ4n) is 4.31. The zero-order valence-electron chi connectivity index (χ0n) is 18.8. The lowest BCUT2D eigenvalue weighted by atomic mass is 9.85. The highest BCUT2D eigenvalue weighted by atomic mass is 35.5. The maximum atomic E-state index is 12.8. The van der Waals surface area contributed by atoms with Crippen LogP contribution in [0.15, 0.2) is 48.5 Å². The molecule has 0 radical (unpaired) electrons. The zero-order valence-corrected chi connectivity index (χ0v) is 19.6. The maximum Gasteiger partial charge on any atom is 0.225 e. The van der Waals surface area contributed by atoms with Crippen molar-refractivity contribution in [2.45, 2.75) is 44.7 Å². The van der Waals surface area contributed by atoms with Crippen LogP contribution in [0.25, 0.3) is 10.9 Å². The number of carbonyl (C=O) groups is 1. The molecule has 0 saturated heterocycles. The van der Waals surface area contributed by atoms with Gasteiger partial charge in [-0.05, 0) is 62.4 Å². The summed E-state index contributed by atoms with van der Waals surface area (Å²) in [7, 11) is 3.99. The number of carbonyl (C=O) groups excluding carboxylic acids is 1. The number of amides is 1. The van der Waals surface area contributed by atoms with Crippen molar-refractivity contribution in [2.24, 2.45) is 5.92 Å². The second kappa shape index (κ2) is 9.74. The molecule has 7 heteroatoms. The summed E-state index contributed by atoms with van der Waals surface area (Å²) in [5.74, 6) is 1.72. The second-order valence-electron chi connectivity index (χ2n) is 8.76. The number of nitrogens with zero attached hydrogens (tertiary/aromatic N) is 3. The molecule has 3 aromatic rings. The van der Waals surface area contributed by atoms with E-state index in [0.29, 0.717) is 11.0 Å². The first kappa shape index (κ1) is 22.3. The van der Waals surface area contributed by atoms with E-state index in [9.17, 15) is 4.79 Å². The van der Waals surface area contributed by atoms with Crippen molar-refractivity contribution in [1.82, 2.24) is 15.3 Å². The van der Waals surface area contributed by atoms with E-state index in [4.69, 9.17) is 21.6 Å². The van der Waals surface area contributed by atoms with Crippen molar-refractivity contribution < 1.29 is 4.79 Å². The van der Waals surface area contributed by atoms with Crippen LogP contribution in [0.2, 0.25) is 5.02 Å². The van der Waals surface area contributed by atoms with Gasteiger partial charge in [0, 0.05) is 36.5 Å². The Balaban J connectivity index is 1.35. The third-order valence-corrected chi connectivity index (χ3v) is 6.42. The third-order valence-electron chi connectivity index (χ3n) is 6.17. The van der Waals surface area contributed by atoms with Gasteiger partial charge in [-0.15, -0.1) is 0 Å². The Kier molecular flexibility index (Phi) is 6.80. The predicted molar refractivity (Wildman–Crippen MR) is 131 cm³/mol. The molecular weight excluding hydrogens is 422 g/mol. The minimum Gasteiger partial charge on any atom is -0.362 e. The van der Waals surface area contributed by atoms with Crippen LogP contribution in [-0.2, 0) is 4.79 Å². The molecule has 0 aliphatic heterocycles. The normalized spacial score (nSPS) is 19.4. The average Bonchev–Trinajstić information content (AvgIpc) is 2.79. The van der Waals surface area contributed by atoms with Gasteiger partial charge in [0.05, 0.1) is 11.6 Å². The van der Waals surface area contributed by atoms with Crippen LogP contribution in [0.1, 0.15) is 44.2 Å². The van der Waals surface area contributed by atoms with E-state index in [1.54, 1.807) is 0 Å². The van der Waals surface area contributed by atoms with Crippen molar-refractivity contribution in [2.75, 3.05) is 24.3 Å². The molecular formula is C25H30ClN5O. The van der Waals surface area contributed by atoms with Crippen LogP contribution in [0.5, 0.6) is 0 Å². The average molecular weight is 452 g/mol. The van der Waals surface area contributed by atoms with E-state index in [1.165, 1.54) is 0 Å². The Morgan fingerprint density at radius 3 is 2.41 bits per heavy atom. The molecule has 2 N–H and O–H groups in total. The van der Waals surface area contributed by atoms with E-state index in [1.807, 2.05) is 74.4 Å². The molecule has 1 atom stereocenters. The molecule has 1 amide bonds. The number of para-hydroxylation sites is 1. The predicted octanol–water partition coefficient (Wildman–Crippen LogP) is 5.20. The van der Waals surface area contributed by atoms with Crippen molar-refractivity contribution >= 4 is 40.2 Å². The standard InChI is InChI=1S/C25H30ClN5O/c1-16(17-8-12-19(26)13-9-17)27-24(32)18-10-14-20(15-11-18)28-25-29-22-7-5-4-6-21(22)23(30-25)31(2)3/h4-9,12-13,16,18,20H,10-11,14-15H2,1-3H3,(H,27,32)(H,28,29,30). The van der Waals surface area contributed by atoms with Crippen molar-refractivity contribution in [3.05, 3.63) is 59.1 Å². The van der Waals surface area contributed by atoms with Gasteiger partial charge in [-0.3, -0.25) is 4.79 Å². The number of benzene rings is 2. The minimum absolute atomic E-state index is 0.0360. The number of nitrogens with one attached hydrogen (secondary N) is 2. The smallest absolute Gasteiger partial charge is 0.225 e. The number of hydrogen-bond donors (Lipinski definition) is 2. The summed E-state index contributed by atoms with van der Waals surface area (Å²) in [6, 6.07) is 15.9. The van der Waals surface area contributed by atoms with Gasteiger partial charge < -0.3 is 15.5 Å². The van der Waals surface area contributed by atoms with E-state index in [2.05, 4.69) is 10.6 Å². The lowest BCUT2D eigenvalue weighted by Gasteiger charge is -2.29. The number of halogens is 1. The van der Waals surface area contributed by atoms with Crippen LogP contribution in [-0.4, -0.2) is 36.0 Å². The minimum atomic E-state index is -0.0360. The molecule has 0 bridgehead atoms. The molecule has 32 heavy (non-hydrogen) atoms. The molecule has 4 rings (SSSR count). The summed E-state index contributed by atoms with van der Waals surface area (Å²) < 4.78 is 0. The SMILES string of the molecule is CC(NC(=O)C1CCC(Nc2nc(N(C)C)c3ccccc3n2)CC1)c1ccc(Cl)cc1. The van der Waals surface area contributed by atoms with Crippen LogP contribution in [0.3, 0.4) is 0 Å². The lowest BCUT2D eigenvalue weighted by molar-refractivity contribution is -0.126. The largest absolute Gasteiger partial charge is 0.362 e. The van der Waals surface area contributed by atoms with Gasteiger partial charge in [0.2, 0.25) is 11.9 Å². The highest BCUT2D eigenvalue weighted by Crippen LogP contribution is 2.29. The molecule has 1 aliphatic carbocycles. The summed E-state index contributed by atoms with van der Waals surface area (Å²) in [4.78, 5) is 24.3. The first-order chi connectivity index (χ1) is 15.4.